The molecule has 0 radical (unpaired) electrons. The third kappa shape index (κ3) is 5.52. The van der Waals surface area contributed by atoms with E-state index in [-0.39, 0.29) is 0 Å². The maximum Gasteiger partial charge on any atom is 0.191 e. The molecule has 0 aromatic carbocycles. The van der Waals surface area contributed by atoms with Crippen LogP contribution in [0.1, 0.15) is 32.5 Å². The Morgan fingerprint density at radius 2 is 2.13 bits per heavy atom. The third-order valence-corrected chi connectivity index (χ3v) is 3.32. The van der Waals surface area contributed by atoms with Crippen LogP contribution in [0.5, 0.6) is 0 Å². The number of aliphatic imine (C=N–C) groups is 1. The van der Waals surface area contributed by atoms with Crippen molar-refractivity contribution >= 4 is 11.6 Å². The number of nitrogens with one attached hydrogen (secondary N) is 2. The lowest BCUT2D eigenvalue weighted by molar-refractivity contribution is 0.143. The van der Waals surface area contributed by atoms with Gasteiger partial charge in [0.1, 0.15) is 6.54 Å². The molecule has 0 amide bonds. The zero-order valence-electron chi connectivity index (χ0n) is 14.0. The largest absolute Gasteiger partial charge is 0.382 e. The minimum absolute atomic E-state index is 0.486. The highest BCUT2D eigenvalue weighted by Crippen LogP contribution is 2.03. The molecule has 2 aromatic heterocycles. The molecule has 0 saturated carbocycles. The van der Waals surface area contributed by atoms with Crippen molar-refractivity contribution in [3.63, 3.8) is 0 Å². The molecule has 0 fully saturated rings. The summed E-state index contributed by atoms with van der Waals surface area (Å²) in [6.07, 6.45) is 4.06. The van der Waals surface area contributed by atoms with Crippen molar-refractivity contribution in [3.8, 4) is 0 Å². The minimum Gasteiger partial charge on any atom is -0.382 e. The number of pyridine rings is 1. The van der Waals surface area contributed by atoms with Crippen LogP contribution in [0.2, 0.25) is 0 Å². The summed E-state index contributed by atoms with van der Waals surface area (Å²) in [5.74, 6) is 1.63. The number of ether oxygens (including phenoxy) is 1. The Hall–Kier alpha value is -2.15. The monoisotopic (exact) mass is 318 g/mol. The normalized spacial score (nSPS) is 11.8. The predicted octanol–water partition coefficient (Wildman–Crippen LogP) is 1.60. The molecule has 0 atom stereocenters. The van der Waals surface area contributed by atoms with E-state index in [9.17, 15) is 0 Å². The van der Waals surface area contributed by atoms with Crippen molar-refractivity contribution in [1.82, 2.24) is 25.2 Å². The summed E-state index contributed by atoms with van der Waals surface area (Å²) in [7, 11) is 0. The Bertz CT molecular complexity index is 609. The number of nitrogens with zero attached hydrogens (tertiary/aromatic N) is 4. The number of unbranched alkanes of at least 4 members (excludes halogenated alkanes) is 1. The predicted molar refractivity (Wildman–Crippen MR) is 91.5 cm³/mol. The fourth-order valence-electron chi connectivity index (χ4n) is 2.17. The quantitative estimate of drug-likeness (QED) is 0.417. The van der Waals surface area contributed by atoms with E-state index in [0.717, 1.165) is 56.6 Å². The smallest absolute Gasteiger partial charge is 0.191 e. The lowest BCUT2D eigenvalue weighted by Gasteiger charge is -2.11. The molecule has 0 spiro atoms. The molecular formula is C16H26N6O. The van der Waals surface area contributed by atoms with Gasteiger partial charge < -0.3 is 15.4 Å². The molecule has 7 nitrogen and oxygen atoms in total. The number of hydrogen-bond acceptors (Lipinski definition) is 4. The van der Waals surface area contributed by atoms with Crippen LogP contribution in [0.15, 0.2) is 29.4 Å². The van der Waals surface area contributed by atoms with Crippen molar-refractivity contribution in [3.05, 3.63) is 30.2 Å². The topological polar surface area (TPSA) is 75.8 Å². The van der Waals surface area contributed by atoms with Crippen molar-refractivity contribution in [2.24, 2.45) is 4.99 Å². The molecule has 126 valence electrons. The van der Waals surface area contributed by atoms with Gasteiger partial charge in [-0.15, -0.1) is 10.2 Å². The number of aromatic nitrogens is 3. The van der Waals surface area contributed by atoms with Crippen LogP contribution in [0.4, 0.5) is 0 Å². The van der Waals surface area contributed by atoms with E-state index in [1.807, 2.05) is 35.7 Å². The summed E-state index contributed by atoms with van der Waals surface area (Å²) < 4.78 is 7.29. The van der Waals surface area contributed by atoms with E-state index in [0.29, 0.717) is 6.54 Å². The molecule has 0 bridgehead atoms. The first-order valence-corrected chi connectivity index (χ1v) is 8.23. The highest BCUT2D eigenvalue weighted by atomic mass is 16.5. The second kappa shape index (κ2) is 9.78. The Kier molecular flexibility index (Phi) is 7.32. The lowest BCUT2D eigenvalue weighted by Crippen LogP contribution is -2.37. The first kappa shape index (κ1) is 17.2. The molecule has 23 heavy (non-hydrogen) atoms. The highest BCUT2D eigenvalue weighted by Gasteiger charge is 2.04. The zero-order chi connectivity index (χ0) is 16.3. The second-order valence-electron chi connectivity index (χ2n) is 5.07. The molecule has 2 aromatic rings. The molecule has 0 aliphatic heterocycles. The van der Waals surface area contributed by atoms with E-state index in [4.69, 9.17) is 4.74 Å². The van der Waals surface area contributed by atoms with E-state index >= 15 is 0 Å². The van der Waals surface area contributed by atoms with E-state index in [1.165, 1.54) is 0 Å². The van der Waals surface area contributed by atoms with E-state index < -0.39 is 0 Å². The zero-order valence-corrected chi connectivity index (χ0v) is 14.0. The number of rotatable bonds is 9. The van der Waals surface area contributed by atoms with Crippen LogP contribution in [0.25, 0.3) is 5.65 Å². The van der Waals surface area contributed by atoms with Gasteiger partial charge in [0.2, 0.25) is 0 Å². The van der Waals surface area contributed by atoms with Gasteiger partial charge in [-0.3, -0.25) is 4.40 Å². The fourth-order valence-corrected chi connectivity index (χ4v) is 2.17. The molecule has 2 N–H and O–H groups in total. The van der Waals surface area contributed by atoms with Gasteiger partial charge in [-0.2, -0.15) is 0 Å². The van der Waals surface area contributed by atoms with Crippen molar-refractivity contribution in [2.45, 2.75) is 33.2 Å². The maximum absolute atomic E-state index is 5.33. The van der Waals surface area contributed by atoms with Gasteiger partial charge >= 0.3 is 0 Å². The van der Waals surface area contributed by atoms with Gasteiger partial charge in [-0.1, -0.05) is 6.07 Å². The Labute approximate surface area is 137 Å². The first-order chi connectivity index (χ1) is 11.3. The van der Waals surface area contributed by atoms with Crippen LogP contribution < -0.4 is 10.6 Å². The van der Waals surface area contributed by atoms with E-state index in [1.54, 1.807) is 0 Å². The molecule has 2 heterocycles. The van der Waals surface area contributed by atoms with Crippen molar-refractivity contribution in [2.75, 3.05) is 26.3 Å². The fraction of sp³-hybridized carbons (Fsp3) is 0.562. The Balaban J connectivity index is 1.85. The minimum atomic E-state index is 0.486. The van der Waals surface area contributed by atoms with Crippen molar-refractivity contribution in [1.29, 1.82) is 0 Å². The summed E-state index contributed by atoms with van der Waals surface area (Å²) in [5, 5.41) is 14.9. The summed E-state index contributed by atoms with van der Waals surface area (Å²) in [6, 6.07) is 5.85. The molecule has 0 unspecified atom stereocenters. The van der Waals surface area contributed by atoms with Crippen LogP contribution in [-0.4, -0.2) is 46.9 Å². The summed E-state index contributed by atoms with van der Waals surface area (Å²) in [4.78, 5) is 4.58. The third-order valence-electron chi connectivity index (χ3n) is 3.32. The molecule has 7 heteroatoms. The molecule has 0 aliphatic carbocycles. The SMILES string of the molecule is CCNC(=NCc1nnc2ccccn12)NCCCCOCC. The van der Waals surface area contributed by atoms with Gasteiger partial charge in [-0.05, 0) is 38.8 Å². The average Bonchev–Trinajstić information content (AvgIpc) is 2.99. The van der Waals surface area contributed by atoms with Crippen LogP contribution in [0.3, 0.4) is 0 Å². The van der Waals surface area contributed by atoms with Crippen LogP contribution in [-0.2, 0) is 11.3 Å². The summed E-state index contributed by atoms with van der Waals surface area (Å²) in [6.45, 7) is 7.85. The summed E-state index contributed by atoms with van der Waals surface area (Å²) >= 11 is 0. The number of guanidine groups is 1. The number of hydrogen-bond donors (Lipinski definition) is 2. The second-order valence-corrected chi connectivity index (χ2v) is 5.07. The van der Waals surface area contributed by atoms with Crippen molar-refractivity contribution < 1.29 is 4.74 Å². The maximum atomic E-state index is 5.33. The van der Waals surface area contributed by atoms with Gasteiger partial charge in [0, 0.05) is 32.5 Å². The van der Waals surface area contributed by atoms with Gasteiger partial charge in [0.25, 0.3) is 0 Å². The highest BCUT2D eigenvalue weighted by molar-refractivity contribution is 5.79. The molecular weight excluding hydrogens is 292 g/mol. The first-order valence-electron chi connectivity index (χ1n) is 8.23. The summed E-state index contributed by atoms with van der Waals surface area (Å²) in [5.41, 5.74) is 0.839. The van der Waals surface area contributed by atoms with Gasteiger partial charge in [0.15, 0.2) is 17.4 Å². The average molecular weight is 318 g/mol. The van der Waals surface area contributed by atoms with Gasteiger partial charge in [0.05, 0.1) is 0 Å². The number of fused-ring (bicyclic) bond motifs is 1. The van der Waals surface area contributed by atoms with Gasteiger partial charge in [-0.25, -0.2) is 4.99 Å². The Morgan fingerprint density at radius 3 is 2.96 bits per heavy atom. The molecule has 0 saturated heterocycles. The van der Waals surface area contributed by atoms with Crippen LogP contribution in [0, 0.1) is 0 Å². The molecule has 2 rings (SSSR count). The van der Waals surface area contributed by atoms with E-state index in [2.05, 4.69) is 32.7 Å². The standard InChI is InChI=1S/C16H26N6O/c1-3-17-16(18-10-6-8-12-23-4-2)19-13-15-21-20-14-9-5-7-11-22(14)15/h5,7,9,11H,3-4,6,8,10,12-13H2,1-2H3,(H2,17,18,19). The van der Waals surface area contributed by atoms with Crippen LogP contribution >= 0.6 is 0 Å². The lowest BCUT2D eigenvalue weighted by atomic mass is 10.3. The Morgan fingerprint density at radius 1 is 1.22 bits per heavy atom. The molecule has 0 aliphatic rings.